The summed E-state index contributed by atoms with van der Waals surface area (Å²) >= 11 is 0. The van der Waals surface area contributed by atoms with E-state index in [4.69, 9.17) is 4.42 Å². The SMILES string of the molecule is O=CC(Nc1ccc2ccc(=O)oc2c1)C(O)C(O)C(O)CF. The van der Waals surface area contributed by atoms with E-state index in [0.29, 0.717) is 17.4 Å². The van der Waals surface area contributed by atoms with Gasteiger partial charge in [-0.2, -0.15) is 0 Å². The molecule has 1 aromatic heterocycles. The van der Waals surface area contributed by atoms with Crippen LogP contribution in [0.25, 0.3) is 11.0 Å². The van der Waals surface area contributed by atoms with Gasteiger partial charge in [-0.05, 0) is 18.2 Å². The lowest BCUT2D eigenvalue weighted by Crippen LogP contribution is -2.48. The molecule has 4 unspecified atom stereocenters. The molecule has 7 nitrogen and oxygen atoms in total. The lowest BCUT2D eigenvalue weighted by Gasteiger charge is -2.26. The molecule has 2 rings (SSSR count). The first-order chi connectivity index (χ1) is 11.0. The fourth-order valence-electron chi connectivity index (χ4n) is 2.07. The monoisotopic (exact) mass is 325 g/mol. The van der Waals surface area contributed by atoms with E-state index in [9.17, 15) is 29.3 Å². The van der Waals surface area contributed by atoms with Crippen LogP contribution in [0.15, 0.2) is 39.5 Å². The lowest BCUT2D eigenvalue weighted by atomic mass is 10.0. The third kappa shape index (κ3) is 3.92. The van der Waals surface area contributed by atoms with Crippen LogP contribution >= 0.6 is 0 Å². The van der Waals surface area contributed by atoms with Crippen LogP contribution in [0.1, 0.15) is 0 Å². The van der Waals surface area contributed by atoms with Crippen molar-refractivity contribution in [3.8, 4) is 0 Å². The maximum Gasteiger partial charge on any atom is 0.336 e. The molecule has 0 spiro atoms. The Labute approximate surface area is 130 Å². The van der Waals surface area contributed by atoms with Crippen molar-refractivity contribution in [3.05, 3.63) is 40.8 Å². The summed E-state index contributed by atoms with van der Waals surface area (Å²) < 4.78 is 17.3. The smallest absolute Gasteiger partial charge is 0.336 e. The third-order valence-electron chi connectivity index (χ3n) is 3.37. The molecule has 0 bridgehead atoms. The van der Waals surface area contributed by atoms with Gasteiger partial charge in [0.05, 0.1) is 0 Å². The van der Waals surface area contributed by atoms with E-state index in [-0.39, 0.29) is 5.58 Å². The first-order valence-corrected chi connectivity index (χ1v) is 6.82. The molecule has 0 aliphatic heterocycles. The Morgan fingerprint density at radius 3 is 2.52 bits per heavy atom. The Bertz CT molecular complexity index is 733. The fraction of sp³-hybridized carbons (Fsp3) is 0.333. The highest BCUT2D eigenvalue weighted by molar-refractivity contribution is 5.81. The highest BCUT2D eigenvalue weighted by Gasteiger charge is 2.31. The Balaban J connectivity index is 2.21. The van der Waals surface area contributed by atoms with Gasteiger partial charge >= 0.3 is 5.63 Å². The number of hydrogen-bond donors (Lipinski definition) is 4. The van der Waals surface area contributed by atoms with Crippen LogP contribution < -0.4 is 10.9 Å². The van der Waals surface area contributed by atoms with Gasteiger partial charge in [-0.1, -0.05) is 0 Å². The molecular weight excluding hydrogens is 309 g/mol. The second-order valence-electron chi connectivity index (χ2n) is 5.02. The first-order valence-electron chi connectivity index (χ1n) is 6.82. The van der Waals surface area contributed by atoms with Gasteiger partial charge < -0.3 is 29.8 Å². The highest BCUT2D eigenvalue weighted by Crippen LogP contribution is 2.19. The van der Waals surface area contributed by atoms with Crippen molar-refractivity contribution < 1.29 is 28.9 Å². The van der Waals surface area contributed by atoms with Crippen molar-refractivity contribution in [2.45, 2.75) is 24.4 Å². The summed E-state index contributed by atoms with van der Waals surface area (Å²) in [6.45, 7) is -1.26. The third-order valence-corrected chi connectivity index (χ3v) is 3.37. The van der Waals surface area contributed by atoms with E-state index >= 15 is 0 Å². The van der Waals surface area contributed by atoms with Gasteiger partial charge in [0.25, 0.3) is 0 Å². The zero-order chi connectivity index (χ0) is 17.0. The van der Waals surface area contributed by atoms with Crippen LogP contribution in [0.5, 0.6) is 0 Å². The Hall–Kier alpha value is -2.29. The topological polar surface area (TPSA) is 120 Å². The van der Waals surface area contributed by atoms with Gasteiger partial charge in [0.15, 0.2) is 0 Å². The number of aliphatic hydroxyl groups excluding tert-OH is 3. The van der Waals surface area contributed by atoms with Crippen LogP contribution in [0.2, 0.25) is 0 Å². The number of anilines is 1. The number of aldehydes is 1. The fourth-order valence-corrected chi connectivity index (χ4v) is 2.07. The highest BCUT2D eigenvalue weighted by atomic mass is 19.1. The van der Waals surface area contributed by atoms with E-state index in [1.165, 1.54) is 12.1 Å². The van der Waals surface area contributed by atoms with Crippen molar-refractivity contribution in [3.63, 3.8) is 0 Å². The van der Waals surface area contributed by atoms with Gasteiger partial charge in [0, 0.05) is 23.2 Å². The van der Waals surface area contributed by atoms with E-state index in [1.807, 2.05) is 0 Å². The Kier molecular flexibility index (Phi) is 5.43. The predicted molar refractivity (Wildman–Crippen MR) is 80.0 cm³/mol. The molecule has 4 atom stereocenters. The molecule has 23 heavy (non-hydrogen) atoms. The van der Waals surface area contributed by atoms with E-state index < -0.39 is 36.7 Å². The van der Waals surface area contributed by atoms with E-state index in [2.05, 4.69) is 5.32 Å². The minimum absolute atomic E-state index is 0.269. The minimum Gasteiger partial charge on any atom is -0.423 e. The summed E-state index contributed by atoms with van der Waals surface area (Å²) in [7, 11) is 0. The van der Waals surface area contributed by atoms with Gasteiger partial charge in [0.1, 0.15) is 42.9 Å². The second kappa shape index (κ2) is 7.32. The van der Waals surface area contributed by atoms with Crippen molar-refractivity contribution in [2.24, 2.45) is 0 Å². The van der Waals surface area contributed by atoms with Crippen LogP contribution in [0.3, 0.4) is 0 Å². The number of hydrogen-bond acceptors (Lipinski definition) is 7. The number of aliphatic hydroxyl groups is 3. The predicted octanol–water partition coefficient (Wildman–Crippen LogP) is -0.175. The lowest BCUT2D eigenvalue weighted by molar-refractivity contribution is -0.116. The van der Waals surface area contributed by atoms with Gasteiger partial charge in [-0.25, -0.2) is 9.18 Å². The minimum atomic E-state index is -1.83. The maximum atomic E-state index is 12.3. The number of rotatable bonds is 7. The number of nitrogens with one attached hydrogen (secondary N) is 1. The Morgan fingerprint density at radius 2 is 1.87 bits per heavy atom. The molecule has 0 fully saturated rings. The summed E-state index contributed by atoms with van der Waals surface area (Å²) in [4.78, 5) is 22.3. The van der Waals surface area contributed by atoms with Crippen LogP contribution in [0, 0.1) is 0 Å². The number of alkyl halides is 1. The van der Waals surface area contributed by atoms with Crippen molar-refractivity contribution in [1.82, 2.24) is 0 Å². The normalized spacial score (nSPS) is 16.5. The van der Waals surface area contributed by atoms with Crippen LogP contribution in [-0.2, 0) is 4.79 Å². The molecule has 0 saturated carbocycles. The average molecular weight is 325 g/mol. The number of carbonyl (C=O) groups excluding carboxylic acids is 1. The van der Waals surface area contributed by atoms with Gasteiger partial charge in [-0.15, -0.1) is 0 Å². The molecule has 4 N–H and O–H groups in total. The summed E-state index contributed by atoms with van der Waals surface area (Å²) in [5.74, 6) is 0. The summed E-state index contributed by atoms with van der Waals surface area (Å²) in [5.41, 5.74) is 0.0685. The average Bonchev–Trinajstić information content (AvgIpc) is 2.57. The van der Waals surface area contributed by atoms with Crippen molar-refractivity contribution >= 4 is 22.9 Å². The number of benzene rings is 1. The largest absolute Gasteiger partial charge is 0.423 e. The Morgan fingerprint density at radius 1 is 1.17 bits per heavy atom. The number of carbonyl (C=O) groups is 1. The molecule has 1 heterocycles. The van der Waals surface area contributed by atoms with Crippen LogP contribution in [0.4, 0.5) is 10.1 Å². The first kappa shape index (κ1) is 17.1. The molecule has 0 aliphatic carbocycles. The number of fused-ring (bicyclic) bond motifs is 1. The van der Waals surface area contributed by atoms with E-state index in [1.54, 1.807) is 18.2 Å². The quantitative estimate of drug-likeness (QED) is 0.412. The molecule has 0 saturated heterocycles. The summed E-state index contributed by atoms with van der Waals surface area (Å²) in [5, 5.41) is 31.9. The summed E-state index contributed by atoms with van der Waals surface area (Å²) in [6.07, 6.45) is -5.04. The molecule has 0 aliphatic rings. The number of halogens is 1. The molecule has 124 valence electrons. The molecule has 0 amide bonds. The standard InChI is InChI=1S/C15H16FNO6/c16-6-11(19)15(22)14(21)10(7-18)17-9-3-1-8-2-4-13(20)23-12(8)5-9/h1-5,7,10-11,14-15,17,19,21-22H,6H2. The van der Waals surface area contributed by atoms with Gasteiger partial charge in [0.2, 0.25) is 0 Å². The van der Waals surface area contributed by atoms with Gasteiger partial charge in [-0.3, -0.25) is 0 Å². The maximum absolute atomic E-state index is 12.3. The second-order valence-corrected chi connectivity index (χ2v) is 5.02. The molecule has 0 radical (unpaired) electrons. The molecular formula is C15H16FNO6. The van der Waals surface area contributed by atoms with Crippen molar-refractivity contribution in [2.75, 3.05) is 12.0 Å². The van der Waals surface area contributed by atoms with E-state index in [0.717, 1.165) is 0 Å². The summed E-state index contributed by atoms with van der Waals surface area (Å²) in [6, 6.07) is 6.18. The molecule has 1 aromatic carbocycles. The zero-order valence-corrected chi connectivity index (χ0v) is 11.9. The van der Waals surface area contributed by atoms with Crippen LogP contribution in [-0.4, -0.2) is 52.6 Å². The molecule has 8 heteroatoms. The molecule has 2 aromatic rings. The zero-order valence-electron chi connectivity index (χ0n) is 11.9. The van der Waals surface area contributed by atoms with Crippen molar-refractivity contribution in [1.29, 1.82) is 0 Å².